The molecule has 0 saturated heterocycles. The fourth-order valence-corrected chi connectivity index (χ4v) is 2.20. The summed E-state index contributed by atoms with van der Waals surface area (Å²) < 4.78 is 2.11. The SMILES string of the molecule is CNC(c1nccn1C)C(C)C1CC1. The second-order valence-electron chi connectivity index (χ2n) is 4.36. The van der Waals surface area contributed by atoms with Crippen LogP contribution in [0.15, 0.2) is 12.4 Å². The molecular weight excluding hydrogens is 174 g/mol. The van der Waals surface area contributed by atoms with Crippen molar-refractivity contribution >= 4 is 0 Å². The van der Waals surface area contributed by atoms with Crippen LogP contribution >= 0.6 is 0 Å². The Bertz CT molecular complexity index is 301. The van der Waals surface area contributed by atoms with Crippen molar-refractivity contribution < 1.29 is 0 Å². The highest BCUT2D eigenvalue weighted by Crippen LogP contribution is 2.42. The molecule has 0 spiro atoms. The Balaban J connectivity index is 2.16. The molecule has 3 nitrogen and oxygen atoms in total. The summed E-state index contributed by atoms with van der Waals surface area (Å²) in [6, 6.07) is 0.405. The first-order chi connectivity index (χ1) is 6.74. The van der Waals surface area contributed by atoms with Gasteiger partial charge in [0, 0.05) is 19.4 Å². The number of hydrogen-bond acceptors (Lipinski definition) is 2. The van der Waals surface area contributed by atoms with Crippen LogP contribution in [0.1, 0.15) is 31.6 Å². The fourth-order valence-electron chi connectivity index (χ4n) is 2.20. The van der Waals surface area contributed by atoms with E-state index >= 15 is 0 Å². The van der Waals surface area contributed by atoms with E-state index in [0.717, 1.165) is 11.7 Å². The maximum absolute atomic E-state index is 4.42. The zero-order chi connectivity index (χ0) is 10.1. The van der Waals surface area contributed by atoms with Gasteiger partial charge in [-0.2, -0.15) is 0 Å². The Kier molecular flexibility index (Phi) is 2.59. The maximum atomic E-state index is 4.42. The van der Waals surface area contributed by atoms with E-state index in [0.29, 0.717) is 12.0 Å². The van der Waals surface area contributed by atoms with Gasteiger partial charge in [-0.05, 0) is 31.7 Å². The highest BCUT2D eigenvalue weighted by atomic mass is 15.1. The molecular formula is C11H19N3. The normalized spacial score (nSPS) is 20.8. The maximum Gasteiger partial charge on any atom is 0.125 e. The van der Waals surface area contributed by atoms with Crippen LogP contribution in [0.25, 0.3) is 0 Å². The number of imidazole rings is 1. The van der Waals surface area contributed by atoms with Gasteiger partial charge in [-0.25, -0.2) is 4.98 Å². The zero-order valence-electron chi connectivity index (χ0n) is 9.20. The van der Waals surface area contributed by atoms with E-state index in [2.05, 4.69) is 28.8 Å². The molecule has 2 atom stereocenters. The van der Waals surface area contributed by atoms with Crippen LogP contribution in [-0.4, -0.2) is 16.6 Å². The summed E-state index contributed by atoms with van der Waals surface area (Å²) in [7, 11) is 4.09. The molecule has 1 fully saturated rings. The van der Waals surface area contributed by atoms with E-state index < -0.39 is 0 Å². The minimum atomic E-state index is 0.405. The summed E-state index contributed by atoms with van der Waals surface area (Å²) in [5.74, 6) is 2.76. The van der Waals surface area contributed by atoms with Crippen molar-refractivity contribution in [3.8, 4) is 0 Å². The van der Waals surface area contributed by atoms with Crippen LogP contribution in [0, 0.1) is 11.8 Å². The monoisotopic (exact) mass is 193 g/mol. The van der Waals surface area contributed by atoms with Gasteiger partial charge in [0.2, 0.25) is 0 Å². The zero-order valence-corrected chi connectivity index (χ0v) is 9.20. The molecule has 3 heteroatoms. The van der Waals surface area contributed by atoms with Crippen LogP contribution in [0.5, 0.6) is 0 Å². The topological polar surface area (TPSA) is 29.9 Å². The van der Waals surface area contributed by atoms with E-state index in [1.807, 2.05) is 19.4 Å². The van der Waals surface area contributed by atoms with Crippen molar-refractivity contribution in [2.45, 2.75) is 25.8 Å². The number of rotatable bonds is 4. The largest absolute Gasteiger partial charge is 0.337 e. The second kappa shape index (κ2) is 3.73. The third-order valence-corrected chi connectivity index (χ3v) is 3.34. The summed E-state index contributed by atoms with van der Waals surface area (Å²) in [6.07, 6.45) is 6.67. The van der Waals surface area contributed by atoms with Crippen LogP contribution in [0.3, 0.4) is 0 Å². The van der Waals surface area contributed by atoms with E-state index in [1.54, 1.807) is 0 Å². The highest BCUT2D eigenvalue weighted by Gasteiger charge is 2.34. The van der Waals surface area contributed by atoms with Gasteiger partial charge in [0.05, 0.1) is 6.04 Å². The Morgan fingerprint density at radius 1 is 1.57 bits per heavy atom. The number of nitrogens with zero attached hydrogens (tertiary/aromatic N) is 2. The number of hydrogen-bond donors (Lipinski definition) is 1. The predicted octanol–water partition coefficient (Wildman–Crippen LogP) is 1.73. The van der Waals surface area contributed by atoms with Gasteiger partial charge in [0.25, 0.3) is 0 Å². The lowest BCUT2D eigenvalue weighted by molar-refractivity contribution is 0.349. The first kappa shape index (κ1) is 9.71. The lowest BCUT2D eigenvalue weighted by atomic mass is 9.96. The molecule has 14 heavy (non-hydrogen) atoms. The van der Waals surface area contributed by atoms with Gasteiger partial charge in [-0.1, -0.05) is 6.92 Å². The fraction of sp³-hybridized carbons (Fsp3) is 0.727. The Morgan fingerprint density at radius 2 is 2.29 bits per heavy atom. The average molecular weight is 193 g/mol. The summed E-state index contributed by atoms with van der Waals surface area (Å²) >= 11 is 0. The van der Waals surface area contributed by atoms with Gasteiger partial charge in [0.1, 0.15) is 5.82 Å². The van der Waals surface area contributed by atoms with Gasteiger partial charge in [0.15, 0.2) is 0 Å². The molecule has 0 aliphatic heterocycles. The van der Waals surface area contributed by atoms with Crippen LogP contribution in [0.4, 0.5) is 0 Å². The molecule has 2 unspecified atom stereocenters. The quantitative estimate of drug-likeness (QED) is 0.789. The molecule has 1 heterocycles. The Morgan fingerprint density at radius 3 is 2.71 bits per heavy atom. The molecule has 0 radical (unpaired) electrons. The summed E-state index contributed by atoms with van der Waals surface area (Å²) in [6.45, 7) is 2.33. The molecule has 1 saturated carbocycles. The van der Waals surface area contributed by atoms with Gasteiger partial charge < -0.3 is 9.88 Å². The molecule has 0 bridgehead atoms. The highest BCUT2D eigenvalue weighted by molar-refractivity contribution is 5.02. The first-order valence-electron chi connectivity index (χ1n) is 5.38. The molecule has 1 aliphatic rings. The summed E-state index contributed by atoms with van der Waals surface area (Å²) in [5.41, 5.74) is 0. The molecule has 1 N–H and O–H groups in total. The van der Waals surface area contributed by atoms with Crippen LogP contribution in [-0.2, 0) is 7.05 Å². The van der Waals surface area contributed by atoms with E-state index in [-0.39, 0.29) is 0 Å². The van der Waals surface area contributed by atoms with Gasteiger partial charge in [-0.15, -0.1) is 0 Å². The molecule has 1 aliphatic carbocycles. The van der Waals surface area contributed by atoms with Crippen LogP contribution in [0.2, 0.25) is 0 Å². The molecule has 2 rings (SSSR count). The molecule has 1 aromatic heterocycles. The number of aryl methyl sites for hydroxylation is 1. The lowest BCUT2D eigenvalue weighted by Crippen LogP contribution is -2.27. The Hall–Kier alpha value is -0.830. The van der Waals surface area contributed by atoms with Gasteiger partial charge in [-0.3, -0.25) is 0 Å². The lowest BCUT2D eigenvalue weighted by Gasteiger charge is -2.22. The molecule has 0 aromatic carbocycles. The minimum absolute atomic E-state index is 0.405. The van der Waals surface area contributed by atoms with E-state index in [4.69, 9.17) is 0 Å². The van der Waals surface area contributed by atoms with Crippen LogP contribution < -0.4 is 5.32 Å². The van der Waals surface area contributed by atoms with Crippen molar-refractivity contribution in [1.29, 1.82) is 0 Å². The first-order valence-corrected chi connectivity index (χ1v) is 5.38. The molecule has 78 valence electrons. The van der Waals surface area contributed by atoms with E-state index in [9.17, 15) is 0 Å². The molecule has 0 amide bonds. The summed E-state index contributed by atoms with van der Waals surface area (Å²) in [4.78, 5) is 4.42. The minimum Gasteiger partial charge on any atom is -0.337 e. The predicted molar refractivity (Wildman–Crippen MR) is 56.9 cm³/mol. The van der Waals surface area contributed by atoms with Crippen molar-refractivity contribution in [3.05, 3.63) is 18.2 Å². The van der Waals surface area contributed by atoms with Crippen molar-refractivity contribution in [2.75, 3.05) is 7.05 Å². The average Bonchev–Trinajstić information content (AvgIpc) is 2.94. The smallest absolute Gasteiger partial charge is 0.125 e. The van der Waals surface area contributed by atoms with Gasteiger partial charge >= 0.3 is 0 Å². The van der Waals surface area contributed by atoms with Crippen molar-refractivity contribution in [3.63, 3.8) is 0 Å². The van der Waals surface area contributed by atoms with Crippen molar-refractivity contribution in [1.82, 2.24) is 14.9 Å². The third kappa shape index (κ3) is 1.69. The Labute approximate surface area is 85.5 Å². The number of nitrogens with one attached hydrogen (secondary N) is 1. The second-order valence-corrected chi connectivity index (χ2v) is 4.36. The number of aromatic nitrogens is 2. The molecule has 1 aromatic rings. The third-order valence-electron chi connectivity index (χ3n) is 3.34. The van der Waals surface area contributed by atoms with E-state index in [1.165, 1.54) is 12.8 Å². The van der Waals surface area contributed by atoms with Crippen molar-refractivity contribution in [2.24, 2.45) is 18.9 Å². The summed E-state index contributed by atoms with van der Waals surface area (Å²) in [5, 5.41) is 3.38. The standard InChI is InChI=1S/C11H19N3/c1-8(9-4-5-9)10(12-2)11-13-6-7-14(11)3/h6-10,12H,4-5H2,1-3H3.